The third-order valence-electron chi connectivity index (χ3n) is 6.34. The average Bonchev–Trinajstić information content (AvgIpc) is 2.51. The van der Waals surface area contributed by atoms with E-state index < -0.39 is 0 Å². The van der Waals surface area contributed by atoms with Crippen LogP contribution in [0.25, 0.3) is 0 Å². The van der Waals surface area contributed by atoms with Crippen LogP contribution < -0.4 is 10.1 Å². The van der Waals surface area contributed by atoms with Gasteiger partial charge in [0.1, 0.15) is 5.75 Å². The summed E-state index contributed by atoms with van der Waals surface area (Å²) in [5.74, 6) is 3.85. The van der Waals surface area contributed by atoms with Crippen LogP contribution in [-0.4, -0.2) is 18.1 Å². The van der Waals surface area contributed by atoms with Gasteiger partial charge in [-0.2, -0.15) is 0 Å². The molecule has 0 spiro atoms. The monoisotopic (exact) mass is 327 g/mol. The van der Waals surface area contributed by atoms with Gasteiger partial charge in [-0.1, -0.05) is 26.0 Å². The van der Waals surface area contributed by atoms with Crippen LogP contribution in [0.1, 0.15) is 63.9 Å². The van der Waals surface area contributed by atoms with Crippen molar-refractivity contribution in [1.82, 2.24) is 5.32 Å². The Morgan fingerprint density at radius 3 is 2.38 bits per heavy atom. The third-order valence-corrected chi connectivity index (χ3v) is 6.34. The average molecular weight is 327 g/mol. The van der Waals surface area contributed by atoms with Gasteiger partial charge in [0.25, 0.3) is 5.91 Å². The number of benzene rings is 1. The summed E-state index contributed by atoms with van der Waals surface area (Å²) in [6.45, 7) is 4.46. The highest BCUT2D eigenvalue weighted by molar-refractivity contribution is 5.78. The third kappa shape index (κ3) is 3.18. The molecule has 0 aliphatic heterocycles. The molecule has 4 fully saturated rings. The number of carbonyl (C=O) groups excluding carboxylic acids is 1. The highest BCUT2D eigenvalue weighted by Crippen LogP contribution is 2.55. The zero-order chi connectivity index (χ0) is 16.7. The lowest BCUT2D eigenvalue weighted by molar-refractivity contribution is -0.128. The summed E-state index contributed by atoms with van der Waals surface area (Å²) in [5, 5.41) is 3.37. The first-order valence-corrected chi connectivity index (χ1v) is 9.55. The number of carbonyl (C=O) groups is 1. The van der Waals surface area contributed by atoms with E-state index in [1.54, 1.807) is 0 Å². The smallest absolute Gasteiger partial charge is 0.258 e. The molecule has 4 bridgehead atoms. The van der Waals surface area contributed by atoms with Crippen LogP contribution in [0.3, 0.4) is 0 Å². The van der Waals surface area contributed by atoms with Gasteiger partial charge in [-0.15, -0.1) is 0 Å². The quantitative estimate of drug-likeness (QED) is 0.877. The van der Waals surface area contributed by atoms with Gasteiger partial charge in [0.2, 0.25) is 0 Å². The predicted octanol–water partition coefficient (Wildman–Crippen LogP) is 4.27. The van der Waals surface area contributed by atoms with Crippen LogP contribution in [0.15, 0.2) is 24.3 Å². The van der Waals surface area contributed by atoms with Gasteiger partial charge in [-0.05, 0) is 79.9 Å². The van der Waals surface area contributed by atoms with Crippen LogP contribution in [0.2, 0.25) is 0 Å². The molecule has 0 atom stereocenters. The molecule has 5 rings (SSSR count). The van der Waals surface area contributed by atoms with E-state index in [-0.39, 0.29) is 18.1 Å². The molecule has 3 nitrogen and oxygen atoms in total. The molecule has 1 aromatic rings. The van der Waals surface area contributed by atoms with Gasteiger partial charge in [0, 0.05) is 5.54 Å². The number of ether oxygens (including phenoxy) is 1. The Hall–Kier alpha value is -1.51. The first kappa shape index (κ1) is 16.0. The Morgan fingerprint density at radius 1 is 1.17 bits per heavy atom. The van der Waals surface area contributed by atoms with Crippen LogP contribution in [0.4, 0.5) is 0 Å². The van der Waals surface area contributed by atoms with E-state index in [0.717, 1.165) is 23.5 Å². The lowest BCUT2D eigenvalue weighted by Crippen LogP contribution is -2.60. The molecule has 4 aliphatic carbocycles. The van der Waals surface area contributed by atoms with E-state index in [1.807, 2.05) is 18.2 Å². The lowest BCUT2D eigenvalue weighted by Gasteiger charge is -2.56. The predicted molar refractivity (Wildman–Crippen MR) is 95.1 cm³/mol. The van der Waals surface area contributed by atoms with Crippen LogP contribution in [-0.2, 0) is 4.79 Å². The van der Waals surface area contributed by atoms with Crippen molar-refractivity contribution >= 4 is 5.91 Å². The Balaban J connectivity index is 1.35. The summed E-state index contributed by atoms with van der Waals surface area (Å²) in [6.07, 6.45) is 7.75. The van der Waals surface area contributed by atoms with Gasteiger partial charge >= 0.3 is 0 Å². The fourth-order valence-corrected chi connectivity index (χ4v) is 5.71. The largest absolute Gasteiger partial charge is 0.484 e. The molecule has 1 aromatic carbocycles. The number of amides is 1. The van der Waals surface area contributed by atoms with Gasteiger partial charge < -0.3 is 10.1 Å². The second-order valence-electron chi connectivity index (χ2n) is 8.76. The summed E-state index contributed by atoms with van der Waals surface area (Å²) < 4.78 is 5.76. The van der Waals surface area contributed by atoms with E-state index in [2.05, 4.69) is 25.2 Å². The van der Waals surface area contributed by atoms with Crippen LogP contribution in [0, 0.1) is 17.8 Å². The number of hydrogen-bond donors (Lipinski definition) is 1. The Bertz CT molecular complexity index is 587. The molecule has 0 aromatic heterocycles. The first-order chi connectivity index (χ1) is 11.5. The van der Waals surface area contributed by atoms with E-state index in [4.69, 9.17) is 4.74 Å². The molecular weight excluding hydrogens is 298 g/mol. The summed E-state index contributed by atoms with van der Waals surface area (Å²) in [4.78, 5) is 12.5. The van der Waals surface area contributed by atoms with Crippen molar-refractivity contribution in [3.05, 3.63) is 29.8 Å². The summed E-state index contributed by atoms with van der Waals surface area (Å²) in [7, 11) is 0. The van der Waals surface area contributed by atoms with E-state index >= 15 is 0 Å². The fourth-order valence-electron chi connectivity index (χ4n) is 5.71. The minimum Gasteiger partial charge on any atom is -0.484 e. The van der Waals surface area contributed by atoms with E-state index in [9.17, 15) is 4.79 Å². The maximum absolute atomic E-state index is 12.5. The topological polar surface area (TPSA) is 38.3 Å². The van der Waals surface area contributed by atoms with Crippen molar-refractivity contribution in [2.75, 3.05) is 6.61 Å². The standard InChI is InChI=1S/C21H29NO2/c1-14(2)18-4-3-5-19(9-18)24-13-20(23)22-21-10-15-6-16(11-21)8-17(7-15)12-21/h3-5,9,14-17H,6-8,10-13H2,1-2H3,(H,22,23). The second kappa shape index (κ2) is 6.09. The zero-order valence-corrected chi connectivity index (χ0v) is 14.9. The first-order valence-electron chi connectivity index (χ1n) is 9.55. The van der Waals surface area contributed by atoms with Crippen molar-refractivity contribution in [3.8, 4) is 5.75 Å². The van der Waals surface area contributed by atoms with Crippen molar-refractivity contribution in [3.63, 3.8) is 0 Å². The molecular formula is C21H29NO2. The highest BCUT2D eigenvalue weighted by Gasteiger charge is 2.51. The van der Waals surface area contributed by atoms with Crippen molar-refractivity contribution in [1.29, 1.82) is 0 Å². The molecule has 3 heteroatoms. The molecule has 1 amide bonds. The van der Waals surface area contributed by atoms with Crippen molar-refractivity contribution < 1.29 is 9.53 Å². The molecule has 130 valence electrons. The Kier molecular flexibility index (Phi) is 4.06. The van der Waals surface area contributed by atoms with E-state index in [1.165, 1.54) is 44.1 Å². The Labute approximate surface area is 145 Å². The maximum Gasteiger partial charge on any atom is 0.258 e. The highest BCUT2D eigenvalue weighted by atomic mass is 16.5. The number of hydrogen-bond acceptors (Lipinski definition) is 2. The molecule has 0 radical (unpaired) electrons. The minimum absolute atomic E-state index is 0.0481. The number of nitrogens with one attached hydrogen (secondary N) is 1. The van der Waals surface area contributed by atoms with Crippen molar-refractivity contribution in [2.24, 2.45) is 17.8 Å². The summed E-state index contributed by atoms with van der Waals surface area (Å²) in [6, 6.07) is 8.08. The molecule has 0 saturated heterocycles. The van der Waals surface area contributed by atoms with E-state index in [0.29, 0.717) is 5.92 Å². The number of rotatable bonds is 5. The summed E-state index contributed by atoms with van der Waals surface area (Å²) in [5.41, 5.74) is 1.32. The van der Waals surface area contributed by atoms with Crippen LogP contribution >= 0.6 is 0 Å². The van der Waals surface area contributed by atoms with Crippen LogP contribution in [0.5, 0.6) is 5.75 Å². The van der Waals surface area contributed by atoms with Gasteiger partial charge in [0.05, 0.1) is 0 Å². The second-order valence-corrected chi connectivity index (χ2v) is 8.76. The SMILES string of the molecule is CC(C)c1cccc(OCC(=O)NC23CC4CC(CC(C4)C2)C3)c1. The normalized spacial score (nSPS) is 33.7. The molecule has 0 heterocycles. The summed E-state index contributed by atoms with van der Waals surface area (Å²) >= 11 is 0. The lowest BCUT2D eigenvalue weighted by atomic mass is 9.53. The molecule has 4 aliphatic rings. The molecule has 1 N–H and O–H groups in total. The fraction of sp³-hybridized carbons (Fsp3) is 0.667. The van der Waals surface area contributed by atoms with Gasteiger partial charge in [0.15, 0.2) is 6.61 Å². The molecule has 4 saturated carbocycles. The molecule has 0 unspecified atom stereocenters. The molecule has 24 heavy (non-hydrogen) atoms. The van der Waals surface area contributed by atoms with Gasteiger partial charge in [-0.3, -0.25) is 4.79 Å². The minimum atomic E-state index is 0.0481. The maximum atomic E-state index is 12.5. The van der Waals surface area contributed by atoms with Gasteiger partial charge in [-0.25, -0.2) is 0 Å². The Morgan fingerprint density at radius 2 is 1.79 bits per heavy atom. The van der Waals surface area contributed by atoms with Crippen molar-refractivity contribution in [2.45, 2.75) is 63.8 Å². The zero-order valence-electron chi connectivity index (χ0n) is 14.9.